The molecule has 0 unspecified atom stereocenters. The first-order valence-corrected chi connectivity index (χ1v) is 11.1. The molecule has 1 amide bonds. The number of nitrogens with zero attached hydrogens (tertiary/aromatic N) is 6. The predicted octanol–water partition coefficient (Wildman–Crippen LogP) is 3.61. The largest absolute Gasteiger partial charge is 0.445 e. The topological polar surface area (TPSA) is 75.9 Å². The molecule has 1 aliphatic heterocycles. The van der Waals surface area contributed by atoms with E-state index in [9.17, 15) is 4.79 Å². The summed E-state index contributed by atoms with van der Waals surface area (Å²) in [6, 6.07) is 17.8. The number of carbonyl (C=O) groups is 1. The van der Waals surface area contributed by atoms with Gasteiger partial charge in [0.25, 0.3) is 0 Å². The molecule has 8 nitrogen and oxygen atoms in total. The molecule has 0 spiro atoms. The molecule has 2 fully saturated rings. The molecular weight excluding hydrogens is 404 g/mol. The summed E-state index contributed by atoms with van der Waals surface area (Å²) in [7, 11) is 0. The van der Waals surface area contributed by atoms with Crippen LogP contribution in [0.2, 0.25) is 0 Å². The van der Waals surface area contributed by atoms with E-state index in [4.69, 9.17) is 9.72 Å². The van der Waals surface area contributed by atoms with Crippen molar-refractivity contribution in [1.29, 1.82) is 0 Å². The third-order valence-corrected chi connectivity index (χ3v) is 6.22. The Bertz CT molecular complexity index is 1280. The first-order valence-electron chi connectivity index (χ1n) is 11.1. The van der Waals surface area contributed by atoms with Crippen molar-refractivity contribution in [3.63, 3.8) is 0 Å². The maximum absolute atomic E-state index is 12.6. The normalized spacial score (nSPS) is 16.6. The van der Waals surface area contributed by atoms with Crippen LogP contribution < -0.4 is 4.90 Å². The number of piperazine rings is 1. The molecule has 162 valence electrons. The summed E-state index contributed by atoms with van der Waals surface area (Å²) < 4.78 is 7.64. The Kier molecular flexibility index (Phi) is 4.63. The Morgan fingerprint density at radius 2 is 1.69 bits per heavy atom. The molecule has 1 saturated heterocycles. The van der Waals surface area contributed by atoms with Gasteiger partial charge in [0.05, 0.1) is 5.52 Å². The molecule has 0 radical (unpaired) electrons. The van der Waals surface area contributed by atoms with Crippen molar-refractivity contribution in [2.45, 2.75) is 25.4 Å². The van der Waals surface area contributed by atoms with Crippen LogP contribution >= 0.6 is 0 Å². The number of benzene rings is 2. The molecule has 1 saturated carbocycles. The molecule has 6 rings (SSSR count). The lowest BCUT2D eigenvalue weighted by Gasteiger charge is -2.35. The Hall–Kier alpha value is -3.68. The van der Waals surface area contributed by atoms with Gasteiger partial charge in [-0.15, -0.1) is 10.2 Å². The van der Waals surface area contributed by atoms with Gasteiger partial charge in [-0.05, 0) is 30.5 Å². The van der Waals surface area contributed by atoms with Crippen molar-refractivity contribution in [3.8, 4) is 0 Å². The number of amides is 1. The van der Waals surface area contributed by atoms with Gasteiger partial charge < -0.3 is 14.5 Å². The van der Waals surface area contributed by atoms with Gasteiger partial charge in [-0.1, -0.05) is 42.5 Å². The molecule has 8 heteroatoms. The van der Waals surface area contributed by atoms with Crippen LogP contribution in [-0.2, 0) is 11.3 Å². The van der Waals surface area contributed by atoms with Gasteiger partial charge in [-0.2, -0.15) is 0 Å². The van der Waals surface area contributed by atoms with Gasteiger partial charge in [0.1, 0.15) is 12.4 Å². The van der Waals surface area contributed by atoms with E-state index in [1.807, 2.05) is 54.6 Å². The summed E-state index contributed by atoms with van der Waals surface area (Å²) in [5, 5.41) is 10.1. The third-order valence-electron chi connectivity index (χ3n) is 6.22. The number of para-hydroxylation sites is 1. The minimum absolute atomic E-state index is 0.270. The van der Waals surface area contributed by atoms with Crippen LogP contribution in [0.5, 0.6) is 0 Å². The minimum Gasteiger partial charge on any atom is -0.445 e. The fourth-order valence-corrected chi connectivity index (χ4v) is 4.30. The summed E-state index contributed by atoms with van der Waals surface area (Å²) in [5.41, 5.74) is 2.76. The number of hydrogen-bond donors (Lipinski definition) is 0. The molecule has 32 heavy (non-hydrogen) atoms. The molecule has 4 aromatic rings. The number of ether oxygens (including phenoxy) is 1. The molecule has 0 bridgehead atoms. The highest BCUT2D eigenvalue weighted by Crippen LogP contribution is 2.40. The van der Waals surface area contributed by atoms with Crippen LogP contribution in [0.3, 0.4) is 0 Å². The van der Waals surface area contributed by atoms with Gasteiger partial charge in [-0.3, -0.25) is 0 Å². The lowest BCUT2D eigenvalue weighted by atomic mass is 10.2. The van der Waals surface area contributed by atoms with E-state index in [0.29, 0.717) is 32.1 Å². The molecule has 2 aliphatic rings. The van der Waals surface area contributed by atoms with E-state index in [1.165, 1.54) is 0 Å². The fourth-order valence-electron chi connectivity index (χ4n) is 4.30. The molecule has 2 aromatic heterocycles. The second kappa shape index (κ2) is 7.78. The van der Waals surface area contributed by atoms with Crippen LogP contribution in [0.25, 0.3) is 16.6 Å². The monoisotopic (exact) mass is 428 g/mol. The zero-order valence-electron chi connectivity index (χ0n) is 17.7. The molecule has 0 atom stereocenters. The number of rotatable bonds is 4. The number of carbonyl (C=O) groups excluding carboxylic acids is 1. The average Bonchev–Trinajstić information content (AvgIpc) is 3.60. The summed E-state index contributed by atoms with van der Waals surface area (Å²) in [5.74, 6) is 2.32. The zero-order chi connectivity index (χ0) is 21.5. The van der Waals surface area contributed by atoms with Crippen LogP contribution in [-0.4, -0.2) is 56.8 Å². The SMILES string of the molecule is O=C(OCc1ccccc1)N1CCN(c2nc3ccccc3c3nnc(C4CC4)n23)CC1. The highest BCUT2D eigenvalue weighted by Gasteiger charge is 2.32. The van der Waals surface area contributed by atoms with Crippen molar-refractivity contribution >= 4 is 28.6 Å². The zero-order valence-corrected chi connectivity index (χ0v) is 17.7. The van der Waals surface area contributed by atoms with Gasteiger partial charge in [0.2, 0.25) is 5.95 Å². The molecule has 3 heterocycles. The van der Waals surface area contributed by atoms with E-state index in [-0.39, 0.29) is 12.7 Å². The van der Waals surface area contributed by atoms with Crippen LogP contribution in [0.4, 0.5) is 10.7 Å². The van der Waals surface area contributed by atoms with Gasteiger partial charge in [0, 0.05) is 37.5 Å². The summed E-state index contributed by atoms with van der Waals surface area (Å²) in [6.45, 7) is 2.83. The van der Waals surface area contributed by atoms with Crippen LogP contribution in [0, 0.1) is 0 Å². The van der Waals surface area contributed by atoms with Crippen molar-refractivity contribution in [3.05, 3.63) is 66.0 Å². The van der Waals surface area contributed by atoms with Gasteiger partial charge in [-0.25, -0.2) is 14.2 Å². The maximum atomic E-state index is 12.6. The number of anilines is 1. The van der Waals surface area contributed by atoms with Crippen LogP contribution in [0.15, 0.2) is 54.6 Å². The van der Waals surface area contributed by atoms with E-state index >= 15 is 0 Å². The Morgan fingerprint density at radius 1 is 0.938 bits per heavy atom. The molecular formula is C24H24N6O2. The second-order valence-electron chi connectivity index (χ2n) is 8.43. The van der Waals surface area contributed by atoms with E-state index in [2.05, 4.69) is 19.5 Å². The lowest BCUT2D eigenvalue weighted by Crippen LogP contribution is -2.49. The highest BCUT2D eigenvalue weighted by atomic mass is 16.6. The predicted molar refractivity (Wildman–Crippen MR) is 121 cm³/mol. The summed E-state index contributed by atoms with van der Waals surface area (Å²) in [6.07, 6.45) is 2.02. The van der Waals surface area contributed by atoms with Crippen molar-refractivity contribution in [2.75, 3.05) is 31.1 Å². The number of aromatic nitrogens is 4. The van der Waals surface area contributed by atoms with Crippen molar-refractivity contribution < 1.29 is 9.53 Å². The molecule has 2 aromatic carbocycles. The number of fused-ring (bicyclic) bond motifs is 3. The van der Waals surface area contributed by atoms with Gasteiger partial charge >= 0.3 is 6.09 Å². The first kappa shape index (κ1) is 19.0. The number of hydrogen-bond acceptors (Lipinski definition) is 6. The Labute approximate surface area is 185 Å². The lowest BCUT2D eigenvalue weighted by molar-refractivity contribution is 0.0940. The summed E-state index contributed by atoms with van der Waals surface area (Å²) >= 11 is 0. The molecule has 1 aliphatic carbocycles. The van der Waals surface area contributed by atoms with E-state index in [0.717, 1.165) is 46.7 Å². The van der Waals surface area contributed by atoms with Crippen molar-refractivity contribution in [1.82, 2.24) is 24.5 Å². The minimum atomic E-state index is -0.270. The molecule has 0 N–H and O–H groups in total. The third kappa shape index (κ3) is 3.41. The standard InChI is InChI=1S/C24H24N6O2/c31-24(32-16-17-6-2-1-3-7-17)29-14-12-28(13-15-29)23-25-20-9-5-4-8-19(20)22-27-26-21(30(22)23)18-10-11-18/h1-9,18H,10-16H2. The maximum Gasteiger partial charge on any atom is 0.410 e. The Balaban J connectivity index is 1.23. The Morgan fingerprint density at radius 3 is 2.47 bits per heavy atom. The van der Waals surface area contributed by atoms with E-state index < -0.39 is 0 Å². The summed E-state index contributed by atoms with van der Waals surface area (Å²) in [4.78, 5) is 21.5. The smallest absolute Gasteiger partial charge is 0.410 e. The second-order valence-corrected chi connectivity index (χ2v) is 8.43. The van der Waals surface area contributed by atoms with Gasteiger partial charge in [0.15, 0.2) is 5.65 Å². The van der Waals surface area contributed by atoms with Crippen molar-refractivity contribution in [2.24, 2.45) is 0 Å². The highest BCUT2D eigenvalue weighted by molar-refractivity contribution is 5.92. The average molecular weight is 428 g/mol. The fraction of sp³-hybridized carbons (Fsp3) is 0.333. The quantitative estimate of drug-likeness (QED) is 0.494. The van der Waals surface area contributed by atoms with Crippen LogP contribution in [0.1, 0.15) is 30.1 Å². The van der Waals surface area contributed by atoms with E-state index in [1.54, 1.807) is 4.90 Å². The first-order chi connectivity index (χ1) is 15.8.